The number of hydrogen-bond donors (Lipinski definition) is 0. The summed E-state index contributed by atoms with van der Waals surface area (Å²) in [5.41, 5.74) is 7.10. The maximum absolute atomic E-state index is 10.8. The third-order valence-corrected chi connectivity index (χ3v) is 5.06. The summed E-state index contributed by atoms with van der Waals surface area (Å²) in [6.07, 6.45) is 0. The second kappa shape index (κ2) is 9.77. The van der Waals surface area contributed by atoms with Gasteiger partial charge in [0.2, 0.25) is 0 Å². The van der Waals surface area contributed by atoms with Crippen LogP contribution < -0.4 is 4.74 Å². The average Bonchev–Trinajstić information content (AvgIpc) is 2.83. The van der Waals surface area contributed by atoms with Gasteiger partial charge in [-0.05, 0) is 45.5 Å². The Hall–Kier alpha value is -3.85. The molecule has 4 rings (SSSR count). The van der Waals surface area contributed by atoms with E-state index < -0.39 is 0 Å². The number of hydrogen-bond acceptors (Lipinski definition) is 3. The van der Waals surface area contributed by atoms with Crippen molar-refractivity contribution in [1.82, 2.24) is 0 Å². The van der Waals surface area contributed by atoms with Crippen LogP contribution in [0.4, 0.5) is 0 Å². The first-order valence-electron chi connectivity index (χ1n) is 10.3. The molecule has 0 spiro atoms. The van der Waals surface area contributed by atoms with E-state index in [0.29, 0.717) is 6.61 Å². The van der Waals surface area contributed by atoms with Crippen molar-refractivity contribution in [3.05, 3.63) is 103 Å². The molecule has 0 bridgehead atoms. The van der Waals surface area contributed by atoms with Gasteiger partial charge in [0.25, 0.3) is 0 Å². The van der Waals surface area contributed by atoms with Crippen LogP contribution in [0.25, 0.3) is 33.4 Å². The number of esters is 1. The molecule has 0 radical (unpaired) electrons. The van der Waals surface area contributed by atoms with E-state index >= 15 is 0 Å². The van der Waals surface area contributed by atoms with Crippen LogP contribution in [0.5, 0.6) is 5.75 Å². The molecule has 0 atom stereocenters. The number of carbonyl (C=O) groups excluding carboxylic acids is 1. The predicted octanol–water partition coefficient (Wildman–Crippen LogP) is 6.63. The molecule has 31 heavy (non-hydrogen) atoms. The molecule has 3 heteroatoms. The van der Waals surface area contributed by atoms with Crippen molar-refractivity contribution in [3.63, 3.8) is 0 Å². The Morgan fingerprint density at radius 1 is 0.548 bits per heavy atom. The molecule has 0 amide bonds. The first kappa shape index (κ1) is 20.4. The molecule has 0 aliphatic carbocycles. The van der Waals surface area contributed by atoms with Crippen LogP contribution in [-0.2, 0) is 9.53 Å². The summed E-state index contributed by atoms with van der Waals surface area (Å²) in [4.78, 5) is 10.8. The quantitative estimate of drug-likeness (QED) is 0.254. The Kier molecular flexibility index (Phi) is 6.44. The van der Waals surface area contributed by atoms with Crippen LogP contribution in [-0.4, -0.2) is 19.2 Å². The molecule has 0 saturated heterocycles. The molecule has 0 saturated carbocycles. The molecule has 0 aliphatic heterocycles. The molecule has 154 valence electrons. The molecule has 4 aromatic rings. The highest BCUT2D eigenvalue weighted by Crippen LogP contribution is 2.28. The van der Waals surface area contributed by atoms with Gasteiger partial charge >= 0.3 is 5.97 Å². The summed E-state index contributed by atoms with van der Waals surface area (Å²) in [6.45, 7) is 1.99. The van der Waals surface area contributed by atoms with E-state index in [1.54, 1.807) is 0 Å². The fraction of sp³-hybridized carbons (Fsp3) is 0.107. The van der Waals surface area contributed by atoms with Gasteiger partial charge < -0.3 is 9.47 Å². The van der Waals surface area contributed by atoms with Gasteiger partial charge in [0.15, 0.2) is 0 Å². The summed E-state index contributed by atoms with van der Waals surface area (Å²) in [6, 6.07) is 35.6. The summed E-state index contributed by atoms with van der Waals surface area (Å²) in [7, 11) is 0. The Balaban J connectivity index is 1.40. The second-order valence-corrected chi connectivity index (χ2v) is 7.23. The maximum Gasteiger partial charge on any atom is 0.302 e. The van der Waals surface area contributed by atoms with Gasteiger partial charge in [0.05, 0.1) is 0 Å². The van der Waals surface area contributed by atoms with E-state index in [4.69, 9.17) is 9.47 Å². The monoisotopic (exact) mass is 408 g/mol. The fourth-order valence-corrected chi connectivity index (χ4v) is 3.43. The molecule has 0 aromatic heterocycles. The smallest absolute Gasteiger partial charge is 0.302 e. The van der Waals surface area contributed by atoms with Crippen molar-refractivity contribution in [2.75, 3.05) is 13.2 Å². The lowest BCUT2D eigenvalue weighted by Gasteiger charge is -2.09. The summed E-state index contributed by atoms with van der Waals surface area (Å²) in [5, 5.41) is 0. The molecule has 0 unspecified atom stereocenters. The van der Waals surface area contributed by atoms with Gasteiger partial charge in [0.1, 0.15) is 19.0 Å². The Morgan fingerprint density at radius 2 is 0.935 bits per heavy atom. The first-order chi connectivity index (χ1) is 15.2. The predicted molar refractivity (Wildman–Crippen MR) is 125 cm³/mol. The van der Waals surface area contributed by atoms with E-state index in [1.165, 1.54) is 29.2 Å². The minimum Gasteiger partial charge on any atom is -0.490 e. The zero-order valence-corrected chi connectivity index (χ0v) is 17.5. The number of rotatable bonds is 7. The normalized spacial score (nSPS) is 10.5. The molecule has 0 N–H and O–H groups in total. The van der Waals surface area contributed by atoms with Crippen molar-refractivity contribution in [1.29, 1.82) is 0 Å². The van der Waals surface area contributed by atoms with Crippen LogP contribution in [0, 0.1) is 0 Å². The molecule has 3 nitrogen and oxygen atoms in total. The van der Waals surface area contributed by atoms with Crippen molar-refractivity contribution < 1.29 is 14.3 Å². The molecule has 0 aliphatic rings. The number of ether oxygens (including phenoxy) is 2. The molecule has 0 heterocycles. The Morgan fingerprint density at radius 3 is 1.35 bits per heavy atom. The molecule has 0 fully saturated rings. The van der Waals surface area contributed by atoms with Crippen LogP contribution in [0.1, 0.15) is 6.92 Å². The van der Waals surface area contributed by atoms with E-state index in [-0.39, 0.29) is 12.6 Å². The maximum atomic E-state index is 10.8. The lowest BCUT2D eigenvalue weighted by molar-refractivity contribution is -0.141. The van der Waals surface area contributed by atoms with E-state index in [2.05, 4.69) is 72.8 Å². The fourth-order valence-electron chi connectivity index (χ4n) is 3.43. The van der Waals surface area contributed by atoms with Crippen LogP contribution in [0.3, 0.4) is 0 Å². The van der Waals surface area contributed by atoms with Gasteiger partial charge in [-0.25, -0.2) is 0 Å². The highest BCUT2D eigenvalue weighted by Gasteiger charge is 2.03. The van der Waals surface area contributed by atoms with Crippen molar-refractivity contribution in [3.8, 4) is 39.1 Å². The zero-order chi connectivity index (χ0) is 21.5. The van der Waals surface area contributed by atoms with Crippen LogP contribution in [0.2, 0.25) is 0 Å². The lowest BCUT2D eigenvalue weighted by Crippen LogP contribution is -2.09. The third-order valence-electron chi connectivity index (χ3n) is 5.06. The minimum absolute atomic E-state index is 0.255. The van der Waals surface area contributed by atoms with Crippen molar-refractivity contribution in [2.24, 2.45) is 0 Å². The largest absolute Gasteiger partial charge is 0.490 e. The molecular weight excluding hydrogens is 384 g/mol. The Labute approximate surface area is 182 Å². The van der Waals surface area contributed by atoms with Gasteiger partial charge in [-0.2, -0.15) is 0 Å². The van der Waals surface area contributed by atoms with Gasteiger partial charge in [0, 0.05) is 6.92 Å². The summed E-state index contributed by atoms with van der Waals surface area (Å²) >= 11 is 0. The van der Waals surface area contributed by atoms with Gasteiger partial charge in [-0.15, -0.1) is 0 Å². The summed E-state index contributed by atoms with van der Waals surface area (Å²) < 4.78 is 10.5. The van der Waals surface area contributed by atoms with Crippen molar-refractivity contribution >= 4 is 5.97 Å². The number of carbonyl (C=O) groups is 1. The standard InChI is InChI=1S/C28H24O3/c1-21(29)30-19-20-31-28-17-15-27(16-18-28)26-13-11-25(12-14-26)24-9-7-23(8-10-24)22-5-3-2-4-6-22/h2-18H,19-20H2,1H3. The van der Waals surface area contributed by atoms with Gasteiger partial charge in [-0.1, -0.05) is 91.0 Å². The zero-order valence-electron chi connectivity index (χ0n) is 17.5. The van der Waals surface area contributed by atoms with Crippen LogP contribution in [0.15, 0.2) is 103 Å². The van der Waals surface area contributed by atoms with Crippen LogP contribution >= 0.6 is 0 Å². The molecular formula is C28H24O3. The van der Waals surface area contributed by atoms with Crippen molar-refractivity contribution in [2.45, 2.75) is 6.92 Å². The highest BCUT2D eigenvalue weighted by molar-refractivity contribution is 5.73. The first-order valence-corrected chi connectivity index (χ1v) is 10.3. The Bertz CT molecular complexity index is 1110. The van der Waals surface area contributed by atoms with E-state index in [9.17, 15) is 4.79 Å². The minimum atomic E-state index is -0.297. The van der Waals surface area contributed by atoms with Gasteiger partial charge in [-0.3, -0.25) is 4.79 Å². The SMILES string of the molecule is CC(=O)OCCOc1ccc(-c2ccc(-c3ccc(-c4ccccc4)cc3)cc2)cc1. The van der Waals surface area contributed by atoms with E-state index in [0.717, 1.165) is 16.9 Å². The molecule has 4 aromatic carbocycles. The third kappa shape index (κ3) is 5.40. The highest BCUT2D eigenvalue weighted by atomic mass is 16.6. The second-order valence-electron chi connectivity index (χ2n) is 7.23. The number of benzene rings is 4. The lowest BCUT2D eigenvalue weighted by atomic mass is 9.98. The average molecular weight is 408 g/mol. The summed E-state index contributed by atoms with van der Waals surface area (Å²) in [5.74, 6) is 0.459. The topological polar surface area (TPSA) is 35.5 Å². The van der Waals surface area contributed by atoms with E-state index in [1.807, 2.05) is 30.3 Å².